The highest BCUT2D eigenvalue weighted by molar-refractivity contribution is 8.00. The van der Waals surface area contributed by atoms with Gasteiger partial charge in [-0.1, -0.05) is 60.3 Å². The number of likely N-dealkylation sites (tertiary alicyclic amines) is 1. The van der Waals surface area contributed by atoms with Crippen LogP contribution in [-0.4, -0.2) is 43.6 Å². The van der Waals surface area contributed by atoms with Crippen molar-refractivity contribution in [1.29, 1.82) is 0 Å². The summed E-state index contributed by atoms with van der Waals surface area (Å²) in [6, 6.07) is 22.0. The summed E-state index contributed by atoms with van der Waals surface area (Å²) in [7, 11) is 0. The van der Waals surface area contributed by atoms with Crippen LogP contribution in [-0.2, 0) is 4.79 Å². The van der Waals surface area contributed by atoms with E-state index in [1.54, 1.807) is 12.4 Å². The van der Waals surface area contributed by atoms with Gasteiger partial charge in [0.05, 0.1) is 5.69 Å². The molecule has 0 saturated carbocycles. The van der Waals surface area contributed by atoms with Crippen molar-refractivity contribution in [3.63, 3.8) is 0 Å². The van der Waals surface area contributed by atoms with Gasteiger partial charge in [0.2, 0.25) is 5.91 Å². The fourth-order valence-corrected chi connectivity index (χ4v) is 5.30. The van der Waals surface area contributed by atoms with Crippen LogP contribution >= 0.6 is 11.8 Å². The predicted molar refractivity (Wildman–Crippen MR) is 130 cm³/mol. The Morgan fingerprint density at radius 3 is 2.33 bits per heavy atom. The van der Waals surface area contributed by atoms with E-state index < -0.39 is 0 Å². The predicted octanol–water partition coefficient (Wildman–Crippen LogP) is 5.09. The number of benzene rings is 2. The van der Waals surface area contributed by atoms with Crippen LogP contribution in [0.25, 0.3) is 17.1 Å². The van der Waals surface area contributed by atoms with Gasteiger partial charge in [-0.15, -0.1) is 10.2 Å². The third-order valence-electron chi connectivity index (χ3n) is 5.90. The molecule has 1 atom stereocenters. The second-order valence-corrected chi connectivity index (χ2v) is 9.18. The number of pyridine rings is 1. The molecule has 33 heavy (non-hydrogen) atoms. The fraction of sp³-hybridized carbons (Fsp3) is 0.231. The van der Waals surface area contributed by atoms with Gasteiger partial charge in [0, 0.05) is 31.0 Å². The first-order valence-electron chi connectivity index (χ1n) is 11.1. The minimum absolute atomic E-state index is 0.133. The zero-order valence-electron chi connectivity index (χ0n) is 18.5. The van der Waals surface area contributed by atoms with E-state index in [-0.39, 0.29) is 11.2 Å². The fourth-order valence-electron chi connectivity index (χ4n) is 4.16. The first-order valence-corrected chi connectivity index (χ1v) is 12.0. The number of hydrogen-bond acceptors (Lipinski definition) is 5. The number of nitrogens with zero attached hydrogens (tertiary/aromatic N) is 5. The summed E-state index contributed by atoms with van der Waals surface area (Å²) in [4.78, 5) is 19.7. The minimum Gasteiger partial charge on any atom is -0.341 e. The van der Waals surface area contributed by atoms with Crippen molar-refractivity contribution < 1.29 is 4.79 Å². The molecule has 7 heteroatoms. The molecular formula is C26H25N5OS. The van der Waals surface area contributed by atoms with Gasteiger partial charge in [0.1, 0.15) is 5.25 Å². The molecule has 0 radical (unpaired) electrons. The summed E-state index contributed by atoms with van der Waals surface area (Å²) in [5.41, 5.74) is 4.01. The number of hydrogen-bond donors (Lipinski definition) is 0. The highest BCUT2D eigenvalue weighted by atomic mass is 32.2. The lowest BCUT2D eigenvalue weighted by Gasteiger charge is -2.23. The molecule has 1 unspecified atom stereocenters. The highest BCUT2D eigenvalue weighted by Crippen LogP contribution is 2.39. The van der Waals surface area contributed by atoms with Crippen LogP contribution in [0.5, 0.6) is 0 Å². The third kappa shape index (κ3) is 4.41. The molecule has 5 rings (SSSR count). The van der Waals surface area contributed by atoms with E-state index in [1.807, 2.05) is 59.5 Å². The molecule has 2 aromatic heterocycles. The van der Waals surface area contributed by atoms with E-state index in [2.05, 4.69) is 38.8 Å². The quantitative estimate of drug-likeness (QED) is 0.379. The average Bonchev–Trinajstić information content (AvgIpc) is 3.54. The Kier molecular flexibility index (Phi) is 6.21. The van der Waals surface area contributed by atoms with Gasteiger partial charge in [0.15, 0.2) is 11.0 Å². The van der Waals surface area contributed by atoms with Crippen LogP contribution in [0.1, 0.15) is 29.2 Å². The van der Waals surface area contributed by atoms with E-state index in [4.69, 9.17) is 0 Å². The Morgan fingerprint density at radius 2 is 1.61 bits per heavy atom. The van der Waals surface area contributed by atoms with Crippen molar-refractivity contribution in [2.45, 2.75) is 30.2 Å². The second kappa shape index (κ2) is 9.58. The van der Waals surface area contributed by atoms with Crippen LogP contribution in [0.15, 0.2) is 84.3 Å². The van der Waals surface area contributed by atoms with Gasteiger partial charge in [-0.2, -0.15) is 0 Å². The van der Waals surface area contributed by atoms with E-state index >= 15 is 0 Å². The van der Waals surface area contributed by atoms with Crippen LogP contribution in [0.4, 0.5) is 0 Å². The van der Waals surface area contributed by atoms with Crippen molar-refractivity contribution >= 4 is 17.7 Å². The lowest BCUT2D eigenvalue weighted by Crippen LogP contribution is -2.31. The summed E-state index contributed by atoms with van der Waals surface area (Å²) >= 11 is 1.46. The molecule has 1 saturated heterocycles. The van der Waals surface area contributed by atoms with E-state index in [0.29, 0.717) is 5.16 Å². The van der Waals surface area contributed by atoms with E-state index in [9.17, 15) is 4.79 Å². The number of para-hydroxylation sites is 1. The number of thioether (sulfide) groups is 1. The van der Waals surface area contributed by atoms with Crippen LogP contribution in [0.2, 0.25) is 0 Å². The molecular weight excluding hydrogens is 430 g/mol. The molecule has 1 aliphatic rings. The third-order valence-corrected chi connectivity index (χ3v) is 7.08. The molecule has 2 aromatic carbocycles. The van der Waals surface area contributed by atoms with Gasteiger partial charge < -0.3 is 4.90 Å². The molecule has 3 heterocycles. The summed E-state index contributed by atoms with van der Waals surface area (Å²) in [6.07, 6.45) is 5.62. The second-order valence-electron chi connectivity index (χ2n) is 8.10. The highest BCUT2D eigenvalue weighted by Gasteiger charge is 2.31. The number of carbonyl (C=O) groups excluding carboxylic acids is 1. The van der Waals surface area contributed by atoms with E-state index in [1.165, 1.54) is 11.8 Å². The summed E-state index contributed by atoms with van der Waals surface area (Å²) in [5, 5.41) is 9.42. The molecule has 1 aliphatic heterocycles. The average molecular weight is 456 g/mol. The zero-order chi connectivity index (χ0) is 22.6. The van der Waals surface area contributed by atoms with Gasteiger partial charge in [-0.05, 0) is 49.1 Å². The molecule has 166 valence electrons. The lowest BCUT2D eigenvalue weighted by atomic mass is 10.1. The van der Waals surface area contributed by atoms with Crippen molar-refractivity contribution in [1.82, 2.24) is 24.6 Å². The number of carbonyl (C=O) groups is 1. The Hall–Kier alpha value is -3.45. The number of rotatable bonds is 6. The smallest absolute Gasteiger partial charge is 0.240 e. The normalized spacial score (nSPS) is 14.4. The molecule has 0 N–H and O–H groups in total. The maximum atomic E-state index is 13.6. The molecule has 0 bridgehead atoms. The van der Waals surface area contributed by atoms with Gasteiger partial charge >= 0.3 is 0 Å². The largest absolute Gasteiger partial charge is 0.341 e. The molecule has 6 nitrogen and oxygen atoms in total. The number of aromatic nitrogens is 4. The Morgan fingerprint density at radius 1 is 0.909 bits per heavy atom. The Labute approximate surface area is 197 Å². The number of amides is 1. The lowest BCUT2D eigenvalue weighted by molar-refractivity contribution is -0.129. The van der Waals surface area contributed by atoms with Gasteiger partial charge in [0.25, 0.3) is 0 Å². The SMILES string of the molecule is Cc1ccccc1-n1c(SC(C(=O)N2CCCC2)c2ccccc2)nnc1-c1ccncc1. The van der Waals surface area contributed by atoms with Crippen LogP contribution in [0, 0.1) is 6.92 Å². The summed E-state index contributed by atoms with van der Waals surface area (Å²) in [5.74, 6) is 0.864. The Bertz CT molecular complexity index is 1240. The maximum absolute atomic E-state index is 13.6. The molecule has 4 aromatic rings. The first kappa shape index (κ1) is 21.4. The summed E-state index contributed by atoms with van der Waals surface area (Å²) < 4.78 is 2.06. The van der Waals surface area contributed by atoms with Gasteiger partial charge in [-0.25, -0.2) is 0 Å². The minimum atomic E-state index is -0.387. The topological polar surface area (TPSA) is 63.9 Å². The van der Waals surface area contributed by atoms with Crippen LogP contribution < -0.4 is 0 Å². The van der Waals surface area contributed by atoms with Gasteiger partial charge in [-0.3, -0.25) is 14.3 Å². The Balaban J connectivity index is 1.61. The van der Waals surface area contributed by atoms with Crippen molar-refractivity contribution in [2.75, 3.05) is 13.1 Å². The summed E-state index contributed by atoms with van der Waals surface area (Å²) in [6.45, 7) is 3.70. The first-order chi connectivity index (χ1) is 16.2. The molecule has 1 fully saturated rings. The zero-order valence-corrected chi connectivity index (χ0v) is 19.3. The molecule has 1 amide bonds. The monoisotopic (exact) mass is 455 g/mol. The van der Waals surface area contributed by atoms with Crippen molar-refractivity contribution in [3.05, 3.63) is 90.3 Å². The maximum Gasteiger partial charge on any atom is 0.240 e. The molecule has 0 aliphatic carbocycles. The van der Waals surface area contributed by atoms with Crippen LogP contribution in [0.3, 0.4) is 0 Å². The van der Waals surface area contributed by atoms with E-state index in [0.717, 1.165) is 54.1 Å². The number of aryl methyl sites for hydroxylation is 1. The molecule has 0 spiro atoms. The standard InChI is InChI=1S/C26H25N5OS/c1-19-9-5-6-12-22(19)31-24(21-13-15-27-16-14-21)28-29-26(31)33-23(20-10-3-2-4-11-20)25(32)30-17-7-8-18-30/h2-6,9-16,23H,7-8,17-18H2,1H3. The van der Waals surface area contributed by atoms with Crippen molar-refractivity contribution in [3.8, 4) is 17.1 Å². The van der Waals surface area contributed by atoms with Crippen molar-refractivity contribution in [2.24, 2.45) is 0 Å².